The molecular weight excluding hydrogens is 568 g/mol. The second kappa shape index (κ2) is 21.5. The first-order chi connectivity index (χ1) is 21.9. The Hall–Kier alpha value is -2.31. The van der Waals surface area contributed by atoms with E-state index in [9.17, 15) is 14.4 Å². The number of hydrogen-bond donors (Lipinski definition) is 0. The first-order valence-electron chi connectivity index (χ1n) is 18.3. The molecule has 0 aromatic carbocycles. The largest absolute Gasteiger partial charge is 0.508 e. The van der Waals surface area contributed by atoms with Crippen molar-refractivity contribution in [2.45, 2.75) is 142 Å². The van der Waals surface area contributed by atoms with Crippen molar-refractivity contribution < 1.29 is 33.3 Å². The molecule has 0 heterocycles. The molecule has 4 fully saturated rings. The quantitative estimate of drug-likeness (QED) is 0.0429. The minimum atomic E-state index is -0.742. The minimum Gasteiger partial charge on any atom is -0.465 e. The van der Waals surface area contributed by atoms with Crippen molar-refractivity contribution in [1.29, 1.82) is 0 Å². The van der Waals surface area contributed by atoms with Crippen LogP contribution in [0.1, 0.15) is 142 Å². The SMILES string of the molecule is CCCCC/C=C\C/C=C\CCCCCCCC(=O)OCC(COC(=O)CC12CC3CC(CC1C3)C2)COC(=O)OCCCC. The molecule has 4 rings (SSSR count). The Morgan fingerprint density at radius 3 is 1.96 bits per heavy atom. The molecule has 0 N–H and O–H groups in total. The summed E-state index contributed by atoms with van der Waals surface area (Å²) in [5, 5.41) is 0. The zero-order valence-electron chi connectivity index (χ0n) is 28.4. The predicted octanol–water partition coefficient (Wildman–Crippen LogP) is 9.67. The summed E-state index contributed by atoms with van der Waals surface area (Å²) in [6.45, 7) is 4.65. The van der Waals surface area contributed by atoms with Crippen LogP contribution in [0.2, 0.25) is 0 Å². The second-order valence-corrected chi connectivity index (χ2v) is 14.1. The summed E-state index contributed by atoms with van der Waals surface area (Å²) in [7, 11) is 0. The Labute approximate surface area is 273 Å². The van der Waals surface area contributed by atoms with Crippen molar-refractivity contribution in [2.24, 2.45) is 29.1 Å². The van der Waals surface area contributed by atoms with Gasteiger partial charge in [0.25, 0.3) is 0 Å². The van der Waals surface area contributed by atoms with Crippen molar-refractivity contribution in [1.82, 2.24) is 0 Å². The highest BCUT2D eigenvalue weighted by molar-refractivity contribution is 5.71. The maximum absolute atomic E-state index is 12.9. The molecule has 0 amide bonds. The fourth-order valence-electron chi connectivity index (χ4n) is 7.84. The van der Waals surface area contributed by atoms with E-state index >= 15 is 0 Å². The van der Waals surface area contributed by atoms with Crippen LogP contribution in [0, 0.1) is 29.1 Å². The van der Waals surface area contributed by atoms with E-state index in [0.29, 0.717) is 25.4 Å². The van der Waals surface area contributed by atoms with E-state index in [-0.39, 0.29) is 37.2 Å². The van der Waals surface area contributed by atoms with Gasteiger partial charge in [0.1, 0.15) is 19.8 Å². The summed E-state index contributed by atoms with van der Waals surface area (Å²) in [6.07, 6.45) is 29.5. The van der Waals surface area contributed by atoms with Gasteiger partial charge in [-0.25, -0.2) is 4.79 Å². The van der Waals surface area contributed by atoms with Crippen LogP contribution in [0.5, 0.6) is 0 Å². The molecule has 0 aromatic rings. The number of hydrogen-bond acceptors (Lipinski definition) is 7. The van der Waals surface area contributed by atoms with Crippen molar-refractivity contribution in [3.8, 4) is 0 Å². The summed E-state index contributed by atoms with van der Waals surface area (Å²) in [6, 6.07) is 0. The Bertz CT molecular complexity index is 911. The predicted molar refractivity (Wildman–Crippen MR) is 178 cm³/mol. The molecule has 256 valence electrons. The van der Waals surface area contributed by atoms with E-state index in [2.05, 4.69) is 31.2 Å². The average Bonchev–Trinajstić information content (AvgIpc) is 3.40. The zero-order chi connectivity index (χ0) is 32.2. The summed E-state index contributed by atoms with van der Waals surface area (Å²) in [5.74, 6) is 1.37. The molecule has 0 spiro atoms. The minimum absolute atomic E-state index is 0.0207. The van der Waals surface area contributed by atoms with Crippen LogP contribution in [0.3, 0.4) is 0 Å². The smallest absolute Gasteiger partial charge is 0.465 e. The topological polar surface area (TPSA) is 88.1 Å². The molecule has 0 aliphatic heterocycles. The van der Waals surface area contributed by atoms with E-state index in [4.69, 9.17) is 18.9 Å². The lowest BCUT2D eigenvalue weighted by molar-refractivity contribution is -0.152. The fraction of sp³-hybridized carbons (Fsp3) is 0.816. The molecule has 0 saturated heterocycles. The molecule has 0 radical (unpaired) electrons. The van der Waals surface area contributed by atoms with Crippen LogP contribution in [0.15, 0.2) is 24.3 Å². The molecule has 45 heavy (non-hydrogen) atoms. The van der Waals surface area contributed by atoms with Crippen molar-refractivity contribution >= 4 is 18.1 Å². The van der Waals surface area contributed by atoms with Crippen LogP contribution in [0.4, 0.5) is 4.79 Å². The van der Waals surface area contributed by atoms with Crippen LogP contribution >= 0.6 is 0 Å². The van der Waals surface area contributed by atoms with Gasteiger partial charge in [0.15, 0.2) is 0 Å². The van der Waals surface area contributed by atoms with Gasteiger partial charge in [-0.2, -0.15) is 0 Å². The van der Waals surface area contributed by atoms with E-state index in [1.54, 1.807) is 0 Å². The molecular formula is C38H62O7. The van der Waals surface area contributed by atoms with Crippen LogP contribution in [-0.4, -0.2) is 44.5 Å². The maximum atomic E-state index is 12.9. The van der Waals surface area contributed by atoms with Gasteiger partial charge >= 0.3 is 18.1 Å². The summed E-state index contributed by atoms with van der Waals surface area (Å²) in [5.41, 5.74) is 0.133. The van der Waals surface area contributed by atoms with Crippen LogP contribution < -0.4 is 0 Å². The number of rotatable bonds is 25. The monoisotopic (exact) mass is 630 g/mol. The first-order valence-corrected chi connectivity index (χ1v) is 18.3. The first kappa shape index (κ1) is 37.2. The molecule has 0 aromatic heterocycles. The lowest BCUT2D eigenvalue weighted by Crippen LogP contribution is -2.30. The van der Waals surface area contributed by atoms with Gasteiger partial charge in [-0.15, -0.1) is 0 Å². The number of carbonyl (C=O) groups excluding carboxylic acids is 3. The van der Waals surface area contributed by atoms with E-state index in [1.807, 2.05) is 6.92 Å². The summed E-state index contributed by atoms with van der Waals surface area (Å²) >= 11 is 0. The Morgan fingerprint density at radius 1 is 0.667 bits per heavy atom. The highest BCUT2D eigenvalue weighted by Gasteiger charge is 2.58. The average molecular weight is 631 g/mol. The molecule has 4 bridgehead atoms. The highest BCUT2D eigenvalue weighted by atomic mass is 16.7. The standard InChI is InChI=1S/C38H62O7/c1-3-5-7-8-9-10-11-12-13-14-15-16-17-18-19-20-35(39)43-28-33(30-45-37(41)42-21-6-4-2)29-44-36(40)27-38-25-31-22-32(26-38)24-34(38)23-31/h9-10,12-13,31-34H,3-8,11,14-30H2,1-2H3/b10-9-,13-12-. The lowest BCUT2D eigenvalue weighted by Gasteiger charge is -2.32. The van der Waals surface area contributed by atoms with Crippen LogP contribution in [-0.2, 0) is 28.5 Å². The molecule has 4 saturated carbocycles. The zero-order valence-corrected chi connectivity index (χ0v) is 28.4. The molecule has 7 heteroatoms. The fourth-order valence-corrected chi connectivity index (χ4v) is 7.84. The molecule has 4 aliphatic carbocycles. The van der Waals surface area contributed by atoms with E-state index in [1.165, 1.54) is 51.4 Å². The highest BCUT2D eigenvalue weighted by Crippen LogP contribution is 2.66. The van der Waals surface area contributed by atoms with Gasteiger partial charge in [0, 0.05) is 6.42 Å². The van der Waals surface area contributed by atoms with Gasteiger partial charge in [-0.3, -0.25) is 9.59 Å². The third-order valence-electron chi connectivity index (χ3n) is 10.1. The van der Waals surface area contributed by atoms with E-state index < -0.39 is 12.1 Å². The lowest BCUT2D eigenvalue weighted by atomic mass is 9.73. The molecule has 4 aliphatic rings. The van der Waals surface area contributed by atoms with Gasteiger partial charge in [0.05, 0.1) is 18.9 Å². The second-order valence-electron chi connectivity index (χ2n) is 14.1. The number of allylic oxidation sites excluding steroid dienone is 4. The molecule has 7 nitrogen and oxygen atoms in total. The third-order valence-corrected chi connectivity index (χ3v) is 10.1. The van der Waals surface area contributed by atoms with Gasteiger partial charge in [-0.1, -0.05) is 76.7 Å². The van der Waals surface area contributed by atoms with E-state index in [0.717, 1.165) is 76.0 Å². The Morgan fingerprint density at radius 2 is 1.27 bits per heavy atom. The number of carbonyl (C=O) groups is 3. The van der Waals surface area contributed by atoms with Gasteiger partial charge < -0.3 is 18.9 Å². The Kier molecular flexibility index (Phi) is 17.7. The maximum Gasteiger partial charge on any atom is 0.508 e. The number of esters is 2. The number of unbranched alkanes of at least 4 members (excludes halogenated alkanes) is 9. The van der Waals surface area contributed by atoms with Crippen molar-refractivity contribution in [3.05, 3.63) is 24.3 Å². The summed E-state index contributed by atoms with van der Waals surface area (Å²) in [4.78, 5) is 37.3. The van der Waals surface area contributed by atoms with Crippen molar-refractivity contribution in [2.75, 3.05) is 26.4 Å². The van der Waals surface area contributed by atoms with Crippen LogP contribution in [0.25, 0.3) is 0 Å². The van der Waals surface area contributed by atoms with Crippen molar-refractivity contribution in [3.63, 3.8) is 0 Å². The number of ether oxygens (including phenoxy) is 4. The third kappa shape index (κ3) is 14.3. The summed E-state index contributed by atoms with van der Waals surface area (Å²) < 4.78 is 21.6. The molecule has 3 unspecified atom stereocenters. The molecule has 3 atom stereocenters. The normalized spacial score (nSPS) is 24.0. The van der Waals surface area contributed by atoms with Gasteiger partial charge in [0.2, 0.25) is 0 Å². The van der Waals surface area contributed by atoms with Gasteiger partial charge in [-0.05, 0) is 100 Å². The Balaban J connectivity index is 1.27.